The summed E-state index contributed by atoms with van der Waals surface area (Å²) in [5.41, 5.74) is -1.40. The molecule has 3 aliphatic heterocycles. The fraction of sp³-hybridized carbons (Fsp3) is 0.656. The average molecular weight is 586 g/mol. The first-order valence-corrected chi connectivity index (χ1v) is 15.0. The zero-order valence-electron chi connectivity index (χ0n) is 25.1. The normalized spacial score (nSPS) is 26.4. The number of methoxy groups -OCH3 is 1. The van der Waals surface area contributed by atoms with E-state index in [1.807, 2.05) is 26.0 Å². The number of rotatable bonds is 11. The lowest BCUT2D eigenvalue weighted by Crippen LogP contribution is -2.48. The minimum Gasteiger partial charge on any atom is -0.469 e. The first-order valence-electron chi connectivity index (χ1n) is 15.0. The first-order chi connectivity index (χ1) is 20.0. The fourth-order valence-electron chi connectivity index (χ4n) is 7.00. The molecule has 1 aromatic rings. The van der Waals surface area contributed by atoms with Gasteiger partial charge in [-0.25, -0.2) is 4.79 Å². The third-order valence-corrected chi connectivity index (χ3v) is 9.19. The van der Waals surface area contributed by atoms with Gasteiger partial charge in [0, 0.05) is 37.5 Å². The smallest absolute Gasteiger partial charge is 0.339 e. The van der Waals surface area contributed by atoms with E-state index < -0.39 is 47.1 Å². The summed E-state index contributed by atoms with van der Waals surface area (Å²) in [5, 5.41) is 11.6. The molecule has 1 N–H and O–H groups in total. The Balaban J connectivity index is 1.43. The summed E-state index contributed by atoms with van der Waals surface area (Å²) in [6.45, 7) is 8.20. The summed E-state index contributed by atoms with van der Waals surface area (Å²) in [4.78, 5) is 42.1. The van der Waals surface area contributed by atoms with Crippen LogP contribution in [-0.4, -0.2) is 84.2 Å². The molecule has 0 bridgehead atoms. The highest BCUT2D eigenvalue weighted by atomic mass is 16.7. The Bertz CT molecular complexity index is 1240. The van der Waals surface area contributed by atoms with Crippen molar-refractivity contribution in [3.05, 3.63) is 35.4 Å². The highest BCUT2D eigenvalue weighted by Crippen LogP contribution is 2.55. The molecule has 4 aliphatic rings. The van der Waals surface area contributed by atoms with Gasteiger partial charge in [0.1, 0.15) is 0 Å². The second kappa shape index (κ2) is 12.0. The lowest BCUT2D eigenvalue weighted by molar-refractivity contribution is -0.178. The summed E-state index contributed by atoms with van der Waals surface area (Å²) in [6.07, 6.45) is 6.12. The van der Waals surface area contributed by atoms with Crippen LogP contribution < -0.4 is 9.47 Å². The zero-order chi connectivity index (χ0) is 30.1. The van der Waals surface area contributed by atoms with Gasteiger partial charge in [-0.2, -0.15) is 0 Å². The molecule has 1 saturated carbocycles. The number of carbonyl (C=O) groups is 3. The van der Waals surface area contributed by atoms with Gasteiger partial charge in [0.05, 0.1) is 19.1 Å². The topological polar surface area (TPSA) is 121 Å². The number of hydrogen-bond acceptors (Lipinski definition) is 10. The Morgan fingerprint density at radius 2 is 1.98 bits per heavy atom. The molecule has 0 amide bonds. The van der Waals surface area contributed by atoms with E-state index in [2.05, 4.69) is 11.8 Å². The number of nitrogens with zero attached hydrogens (tertiary/aromatic N) is 1. The van der Waals surface area contributed by atoms with Crippen LogP contribution in [0.2, 0.25) is 0 Å². The van der Waals surface area contributed by atoms with E-state index in [-0.39, 0.29) is 25.4 Å². The highest BCUT2D eigenvalue weighted by molar-refractivity contribution is 5.93. The highest BCUT2D eigenvalue weighted by Gasteiger charge is 2.61. The number of fused-ring (bicyclic) bond motifs is 3. The Morgan fingerprint density at radius 1 is 1.21 bits per heavy atom. The monoisotopic (exact) mass is 585 g/mol. The Labute approximate surface area is 247 Å². The zero-order valence-corrected chi connectivity index (χ0v) is 25.1. The van der Waals surface area contributed by atoms with Crippen molar-refractivity contribution in [3.8, 4) is 11.5 Å². The Kier molecular flexibility index (Phi) is 8.70. The van der Waals surface area contributed by atoms with Gasteiger partial charge in [-0.05, 0) is 69.3 Å². The number of carbonyl (C=O) groups excluding carboxylic acids is 3. The summed E-state index contributed by atoms with van der Waals surface area (Å²) >= 11 is 0. The minimum atomic E-state index is -2.23. The molecular formula is C32H43NO9. The predicted octanol–water partition coefficient (Wildman–Crippen LogP) is 3.61. The fourth-order valence-corrected chi connectivity index (χ4v) is 7.00. The van der Waals surface area contributed by atoms with Crippen molar-refractivity contribution in [1.29, 1.82) is 0 Å². The molecule has 1 aliphatic carbocycles. The van der Waals surface area contributed by atoms with Crippen LogP contribution in [0.1, 0.15) is 82.8 Å². The van der Waals surface area contributed by atoms with Gasteiger partial charge in [-0.15, -0.1) is 0 Å². The van der Waals surface area contributed by atoms with E-state index in [4.69, 9.17) is 23.7 Å². The lowest BCUT2D eigenvalue weighted by atomic mass is 9.78. The molecule has 4 atom stereocenters. The second-order valence-corrected chi connectivity index (χ2v) is 12.5. The molecular weight excluding hydrogens is 542 g/mol. The lowest BCUT2D eigenvalue weighted by Gasteiger charge is -2.39. The van der Waals surface area contributed by atoms with Gasteiger partial charge in [0.2, 0.25) is 6.79 Å². The molecule has 10 heteroatoms. The van der Waals surface area contributed by atoms with E-state index in [0.717, 1.165) is 56.3 Å². The van der Waals surface area contributed by atoms with Crippen molar-refractivity contribution in [3.63, 3.8) is 0 Å². The molecule has 3 heterocycles. The number of Topliss-reactive ketones (excluding diaryl/α,β-unsaturated/α-hetero) is 1. The summed E-state index contributed by atoms with van der Waals surface area (Å²) in [5.74, 6) is -1.13. The van der Waals surface area contributed by atoms with Gasteiger partial charge < -0.3 is 28.8 Å². The maximum absolute atomic E-state index is 13.8. The van der Waals surface area contributed by atoms with Crippen LogP contribution >= 0.6 is 0 Å². The molecule has 230 valence electrons. The standard InChI is InChI=1S/C32H43NO9/c1-5-6-15-41-30(2,3)10-7-12-32(37,19-26(35)38-4)29(36)42-28-23(34)18-31-11-8-13-33(31)14-9-21-16-24-25(40-20-39-24)17-22(21)27(28)31/h7,10,16-17,27-28,37H,5-6,8-9,11-15,18-20H2,1-4H3/b10-7+/t27-,28-,31+,32-/m1/s1. The van der Waals surface area contributed by atoms with E-state index in [1.54, 1.807) is 12.2 Å². The van der Waals surface area contributed by atoms with Gasteiger partial charge in [-0.1, -0.05) is 25.5 Å². The van der Waals surface area contributed by atoms with E-state index in [1.165, 1.54) is 7.11 Å². The average Bonchev–Trinajstić information content (AvgIpc) is 3.62. The van der Waals surface area contributed by atoms with E-state index in [9.17, 15) is 19.5 Å². The SMILES string of the molecule is CCCCOC(C)(C)/C=C/C[C@@](O)(CC(=O)OC)C(=O)O[C@@H]1C(=O)C[C@]23CCCN2CCc2cc4c(cc2[C@H]13)OCO4. The quantitative estimate of drug-likeness (QED) is 0.234. The van der Waals surface area contributed by atoms with Gasteiger partial charge in [0.15, 0.2) is 29.0 Å². The third-order valence-electron chi connectivity index (χ3n) is 9.19. The van der Waals surface area contributed by atoms with Gasteiger partial charge in [-0.3, -0.25) is 14.5 Å². The van der Waals surface area contributed by atoms with Gasteiger partial charge >= 0.3 is 11.9 Å². The number of unbranched alkanes of at least 4 members (excludes halogenated alkanes) is 1. The number of benzene rings is 1. The molecule has 1 aromatic carbocycles. The molecule has 0 aromatic heterocycles. The maximum Gasteiger partial charge on any atom is 0.339 e. The van der Waals surface area contributed by atoms with Crippen molar-refractivity contribution in [2.24, 2.45) is 0 Å². The van der Waals surface area contributed by atoms with Crippen molar-refractivity contribution in [2.75, 3.05) is 33.6 Å². The number of ketones is 1. The molecule has 1 spiro atoms. The van der Waals surface area contributed by atoms with Crippen LogP contribution in [0.25, 0.3) is 0 Å². The number of hydrogen-bond donors (Lipinski definition) is 1. The second-order valence-electron chi connectivity index (χ2n) is 12.5. The van der Waals surface area contributed by atoms with Crippen molar-refractivity contribution in [1.82, 2.24) is 4.90 Å². The Morgan fingerprint density at radius 3 is 2.71 bits per heavy atom. The van der Waals surface area contributed by atoms with Crippen LogP contribution in [0.3, 0.4) is 0 Å². The van der Waals surface area contributed by atoms with E-state index >= 15 is 0 Å². The van der Waals surface area contributed by atoms with Crippen LogP contribution in [0.5, 0.6) is 11.5 Å². The van der Waals surface area contributed by atoms with Crippen LogP contribution in [0, 0.1) is 0 Å². The van der Waals surface area contributed by atoms with Crippen LogP contribution in [-0.2, 0) is 35.0 Å². The first kappa shape index (κ1) is 30.5. The number of aliphatic hydroxyl groups is 1. The predicted molar refractivity (Wildman–Crippen MR) is 152 cm³/mol. The van der Waals surface area contributed by atoms with Crippen molar-refractivity contribution < 1.29 is 43.2 Å². The molecule has 5 rings (SSSR count). The molecule has 0 radical (unpaired) electrons. The van der Waals surface area contributed by atoms with Crippen LogP contribution in [0.4, 0.5) is 0 Å². The van der Waals surface area contributed by atoms with E-state index in [0.29, 0.717) is 18.1 Å². The number of esters is 2. The minimum absolute atomic E-state index is 0.131. The molecule has 0 unspecified atom stereocenters. The van der Waals surface area contributed by atoms with Crippen LogP contribution in [0.15, 0.2) is 24.3 Å². The maximum atomic E-state index is 13.8. The third kappa shape index (κ3) is 5.81. The largest absolute Gasteiger partial charge is 0.469 e. The summed E-state index contributed by atoms with van der Waals surface area (Å²) < 4.78 is 28.0. The molecule has 2 fully saturated rings. The van der Waals surface area contributed by atoms with Crippen molar-refractivity contribution in [2.45, 2.75) is 101 Å². The van der Waals surface area contributed by atoms with Crippen molar-refractivity contribution >= 4 is 17.7 Å². The molecule has 42 heavy (non-hydrogen) atoms. The summed E-state index contributed by atoms with van der Waals surface area (Å²) in [6, 6.07) is 3.90. The Hall–Kier alpha value is -2.95. The molecule has 10 nitrogen and oxygen atoms in total. The molecule has 1 saturated heterocycles. The summed E-state index contributed by atoms with van der Waals surface area (Å²) in [7, 11) is 1.19. The van der Waals surface area contributed by atoms with Gasteiger partial charge in [0.25, 0.3) is 0 Å². The number of ether oxygens (including phenoxy) is 5.